The number of aromatic nitrogens is 1. The highest BCUT2D eigenvalue weighted by Gasteiger charge is 2.17. The number of nitrogens with zero attached hydrogens (tertiary/aromatic N) is 1. The number of aryl methyl sites for hydroxylation is 1. The van der Waals surface area contributed by atoms with E-state index in [1.165, 1.54) is 35.2 Å². The highest BCUT2D eigenvalue weighted by atomic mass is 79.9. The van der Waals surface area contributed by atoms with Gasteiger partial charge in [0.1, 0.15) is 5.82 Å². The van der Waals surface area contributed by atoms with Gasteiger partial charge >= 0.3 is 0 Å². The first-order chi connectivity index (χ1) is 9.45. The van der Waals surface area contributed by atoms with Crippen molar-refractivity contribution in [2.45, 2.75) is 23.4 Å². The number of thioether (sulfide) groups is 1. The summed E-state index contributed by atoms with van der Waals surface area (Å²) in [5.41, 5.74) is 1.12. The molecule has 2 rings (SSSR count). The number of hydrogen-bond acceptors (Lipinski definition) is 4. The summed E-state index contributed by atoms with van der Waals surface area (Å²) < 4.78 is 15.1. The monoisotopic (exact) mass is 374 g/mol. The van der Waals surface area contributed by atoms with Crippen molar-refractivity contribution >= 4 is 50.6 Å². The first kappa shape index (κ1) is 15.5. The third-order valence-corrected chi connectivity index (χ3v) is 5.12. The number of benzene rings is 1. The minimum Gasteiger partial charge on any atom is -0.323 e. The average molecular weight is 375 g/mol. The van der Waals surface area contributed by atoms with Crippen molar-refractivity contribution in [3.8, 4) is 0 Å². The van der Waals surface area contributed by atoms with Crippen molar-refractivity contribution in [3.63, 3.8) is 0 Å². The Labute approximate surface area is 133 Å². The second kappa shape index (κ2) is 6.69. The molecule has 3 nitrogen and oxygen atoms in total. The molecule has 0 bridgehead atoms. The molecule has 1 aromatic carbocycles. The van der Waals surface area contributed by atoms with Crippen LogP contribution in [-0.2, 0) is 4.79 Å². The van der Waals surface area contributed by atoms with E-state index in [1.807, 2.05) is 12.3 Å². The number of carbonyl (C=O) groups excluding carboxylic acids is 1. The molecule has 1 aromatic heterocycles. The van der Waals surface area contributed by atoms with Crippen LogP contribution in [0.4, 0.5) is 10.1 Å². The molecule has 1 heterocycles. The molecule has 0 fully saturated rings. The highest BCUT2D eigenvalue weighted by Crippen LogP contribution is 2.27. The molecule has 0 saturated carbocycles. The molecule has 20 heavy (non-hydrogen) atoms. The predicted molar refractivity (Wildman–Crippen MR) is 84.9 cm³/mol. The quantitative estimate of drug-likeness (QED) is 0.802. The molecule has 0 aliphatic rings. The third kappa shape index (κ3) is 4.04. The highest BCUT2D eigenvalue weighted by molar-refractivity contribution is 9.10. The second-order valence-electron chi connectivity index (χ2n) is 4.13. The lowest BCUT2D eigenvalue weighted by Gasteiger charge is -2.11. The molecule has 7 heteroatoms. The van der Waals surface area contributed by atoms with Gasteiger partial charge in [-0.2, -0.15) is 0 Å². The Morgan fingerprint density at radius 1 is 1.55 bits per heavy atom. The molecule has 0 saturated heterocycles. The van der Waals surface area contributed by atoms with Crippen LogP contribution in [0.25, 0.3) is 0 Å². The summed E-state index contributed by atoms with van der Waals surface area (Å²) in [5.74, 6) is -0.709. The zero-order valence-electron chi connectivity index (χ0n) is 10.8. The van der Waals surface area contributed by atoms with Crippen LogP contribution >= 0.6 is 39.0 Å². The van der Waals surface area contributed by atoms with Crippen LogP contribution in [0.2, 0.25) is 0 Å². The molecule has 0 aliphatic carbocycles. The SMILES string of the molecule is Cc1csc(SC(C)C(=O)Nc2ccc(Br)cc2F)n1. The van der Waals surface area contributed by atoms with E-state index >= 15 is 0 Å². The summed E-state index contributed by atoms with van der Waals surface area (Å²) in [4.78, 5) is 16.3. The van der Waals surface area contributed by atoms with Crippen LogP contribution in [0, 0.1) is 12.7 Å². The Balaban J connectivity index is 2.00. The van der Waals surface area contributed by atoms with E-state index in [4.69, 9.17) is 0 Å². The van der Waals surface area contributed by atoms with Crippen LogP contribution < -0.4 is 5.32 Å². The molecule has 106 valence electrons. The van der Waals surface area contributed by atoms with Gasteiger partial charge < -0.3 is 5.32 Å². The zero-order valence-corrected chi connectivity index (χ0v) is 14.0. The van der Waals surface area contributed by atoms with Gasteiger partial charge in [0.2, 0.25) is 5.91 Å². The Morgan fingerprint density at radius 3 is 2.90 bits per heavy atom. The number of hydrogen-bond donors (Lipinski definition) is 1. The van der Waals surface area contributed by atoms with Gasteiger partial charge in [-0.15, -0.1) is 11.3 Å². The van der Waals surface area contributed by atoms with Crippen molar-refractivity contribution in [1.29, 1.82) is 0 Å². The van der Waals surface area contributed by atoms with E-state index < -0.39 is 5.82 Å². The number of halogens is 2. The van der Waals surface area contributed by atoms with Gasteiger partial charge in [-0.05, 0) is 32.0 Å². The first-order valence-electron chi connectivity index (χ1n) is 5.80. The summed E-state index contributed by atoms with van der Waals surface area (Å²) in [5, 5.41) is 4.17. The van der Waals surface area contributed by atoms with Gasteiger partial charge in [0, 0.05) is 15.5 Å². The minimum atomic E-state index is -0.463. The molecule has 1 unspecified atom stereocenters. The maximum Gasteiger partial charge on any atom is 0.237 e. The third-order valence-electron chi connectivity index (χ3n) is 2.43. The van der Waals surface area contributed by atoms with Crippen LogP contribution in [0.5, 0.6) is 0 Å². The lowest BCUT2D eigenvalue weighted by atomic mass is 10.3. The van der Waals surface area contributed by atoms with E-state index in [0.717, 1.165) is 10.0 Å². The molecule has 1 atom stereocenters. The largest absolute Gasteiger partial charge is 0.323 e. The minimum absolute atomic E-state index is 0.181. The average Bonchev–Trinajstić information content (AvgIpc) is 2.78. The van der Waals surface area contributed by atoms with Crippen molar-refractivity contribution in [2.75, 3.05) is 5.32 Å². The normalized spacial score (nSPS) is 12.2. The summed E-state index contributed by atoms with van der Waals surface area (Å²) in [6.45, 7) is 3.68. The van der Waals surface area contributed by atoms with Crippen LogP contribution in [0.15, 0.2) is 32.4 Å². The van der Waals surface area contributed by atoms with Crippen LogP contribution in [-0.4, -0.2) is 16.1 Å². The summed E-state index contributed by atoms with van der Waals surface area (Å²) >= 11 is 6.04. The molecular formula is C13H12BrFN2OS2. The lowest BCUT2D eigenvalue weighted by molar-refractivity contribution is -0.115. The molecule has 2 aromatic rings. The summed E-state index contributed by atoms with van der Waals surface area (Å²) in [6.07, 6.45) is 0. The van der Waals surface area contributed by atoms with E-state index in [2.05, 4.69) is 26.2 Å². The predicted octanol–water partition coefficient (Wildman–Crippen LogP) is 4.47. The molecule has 0 aliphatic heterocycles. The molecular weight excluding hydrogens is 363 g/mol. The number of thiazole rings is 1. The maximum atomic E-state index is 13.6. The van der Waals surface area contributed by atoms with Crippen molar-refractivity contribution < 1.29 is 9.18 Å². The van der Waals surface area contributed by atoms with Gasteiger partial charge in [0.15, 0.2) is 4.34 Å². The Kier molecular flexibility index (Phi) is 5.17. The van der Waals surface area contributed by atoms with Crippen molar-refractivity contribution in [1.82, 2.24) is 4.98 Å². The van der Waals surface area contributed by atoms with Crippen LogP contribution in [0.1, 0.15) is 12.6 Å². The fourth-order valence-electron chi connectivity index (χ4n) is 1.42. The Bertz CT molecular complexity index is 633. The van der Waals surface area contributed by atoms with Gasteiger partial charge in [-0.3, -0.25) is 4.79 Å². The van der Waals surface area contributed by atoms with E-state index in [1.54, 1.807) is 13.0 Å². The number of nitrogens with one attached hydrogen (secondary N) is 1. The Morgan fingerprint density at radius 2 is 2.30 bits per heavy atom. The Hall–Kier alpha value is -0.920. The molecule has 1 N–H and O–H groups in total. The maximum absolute atomic E-state index is 13.6. The number of anilines is 1. The van der Waals surface area contributed by atoms with Crippen molar-refractivity contribution in [3.05, 3.63) is 39.6 Å². The number of rotatable bonds is 4. The standard InChI is InChI=1S/C13H12BrFN2OS2/c1-7-6-19-13(16-7)20-8(2)12(18)17-11-4-3-9(14)5-10(11)15/h3-6,8H,1-2H3,(H,17,18). The van der Waals surface area contributed by atoms with Gasteiger partial charge in [0.05, 0.1) is 10.9 Å². The molecule has 1 amide bonds. The van der Waals surface area contributed by atoms with Gasteiger partial charge in [-0.25, -0.2) is 9.37 Å². The number of amides is 1. The smallest absolute Gasteiger partial charge is 0.237 e. The van der Waals surface area contributed by atoms with Gasteiger partial charge in [0.25, 0.3) is 0 Å². The molecule has 0 radical (unpaired) electrons. The summed E-state index contributed by atoms with van der Waals surface area (Å²) in [6, 6.07) is 4.53. The second-order valence-corrected chi connectivity index (χ2v) is 7.49. The fourth-order valence-corrected chi connectivity index (χ4v) is 3.74. The van der Waals surface area contributed by atoms with E-state index in [-0.39, 0.29) is 16.8 Å². The molecule has 0 spiro atoms. The first-order valence-corrected chi connectivity index (χ1v) is 8.35. The van der Waals surface area contributed by atoms with E-state index in [9.17, 15) is 9.18 Å². The number of carbonyl (C=O) groups is 1. The van der Waals surface area contributed by atoms with Gasteiger partial charge in [-0.1, -0.05) is 27.7 Å². The fraction of sp³-hybridized carbons (Fsp3) is 0.231. The van der Waals surface area contributed by atoms with Crippen LogP contribution in [0.3, 0.4) is 0 Å². The summed E-state index contributed by atoms with van der Waals surface area (Å²) in [7, 11) is 0. The van der Waals surface area contributed by atoms with E-state index in [0.29, 0.717) is 4.47 Å². The lowest BCUT2D eigenvalue weighted by Crippen LogP contribution is -2.22. The topological polar surface area (TPSA) is 42.0 Å². The van der Waals surface area contributed by atoms with Crippen molar-refractivity contribution in [2.24, 2.45) is 0 Å². The zero-order chi connectivity index (χ0) is 14.7.